The lowest BCUT2D eigenvalue weighted by Gasteiger charge is -2.17. The third kappa shape index (κ3) is 4.44. The molecule has 0 bridgehead atoms. The van der Waals surface area contributed by atoms with E-state index in [9.17, 15) is 9.59 Å². The molecule has 1 aromatic carbocycles. The predicted molar refractivity (Wildman–Crippen MR) is 93.6 cm³/mol. The van der Waals surface area contributed by atoms with Crippen molar-refractivity contribution < 1.29 is 13.9 Å². The fraction of sp³-hybridized carbons (Fsp3) is 0.211. The molecule has 0 saturated heterocycles. The third-order valence-electron chi connectivity index (χ3n) is 3.81. The van der Waals surface area contributed by atoms with Crippen molar-refractivity contribution in [2.45, 2.75) is 6.42 Å². The van der Waals surface area contributed by atoms with E-state index in [1.54, 1.807) is 42.4 Å². The second-order valence-corrected chi connectivity index (χ2v) is 5.63. The molecule has 0 aliphatic heterocycles. The molecular formula is C19H18N2O4. The number of pyridine rings is 1. The number of benzene rings is 1. The molecule has 128 valence electrons. The Kier molecular flexibility index (Phi) is 5.09. The lowest BCUT2D eigenvalue weighted by Crippen LogP contribution is -2.33. The van der Waals surface area contributed by atoms with E-state index in [2.05, 4.69) is 4.98 Å². The van der Waals surface area contributed by atoms with E-state index in [-0.39, 0.29) is 12.5 Å². The number of fused-ring (bicyclic) bond motifs is 1. The van der Waals surface area contributed by atoms with Crippen molar-refractivity contribution in [3.8, 4) is 5.75 Å². The smallest absolute Gasteiger partial charge is 0.336 e. The van der Waals surface area contributed by atoms with E-state index >= 15 is 0 Å². The van der Waals surface area contributed by atoms with Crippen LogP contribution in [0.4, 0.5) is 0 Å². The second-order valence-electron chi connectivity index (χ2n) is 5.63. The third-order valence-corrected chi connectivity index (χ3v) is 3.81. The SMILES string of the molecule is CN(CCc1ccccn1)C(=O)COc1ccc2ccc(=O)oc2c1. The van der Waals surface area contributed by atoms with E-state index in [4.69, 9.17) is 9.15 Å². The largest absolute Gasteiger partial charge is 0.484 e. The molecule has 0 unspecified atom stereocenters. The number of ether oxygens (including phenoxy) is 1. The van der Waals surface area contributed by atoms with Crippen LogP contribution < -0.4 is 10.4 Å². The Bertz CT molecular complexity index is 921. The molecule has 6 nitrogen and oxygen atoms in total. The van der Waals surface area contributed by atoms with Gasteiger partial charge in [-0.05, 0) is 30.3 Å². The number of aromatic nitrogens is 1. The zero-order valence-electron chi connectivity index (χ0n) is 13.8. The Balaban J connectivity index is 1.55. The number of hydrogen-bond donors (Lipinski definition) is 0. The second kappa shape index (κ2) is 7.61. The predicted octanol–water partition coefficient (Wildman–Crippen LogP) is 2.27. The van der Waals surface area contributed by atoms with Crippen molar-refractivity contribution in [2.75, 3.05) is 20.2 Å². The van der Waals surface area contributed by atoms with Crippen molar-refractivity contribution in [3.63, 3.8) is 0 Å². The first-order chi connectivity index (χ1) is 12.1. The first kappa shape index (κ1) is 16.7. The van der Waals surface area contributed by atoms with E-state index in [1.807, 2.05) is 18.2 Å². The van der Waals surface area contributed by atoms with Crippen LogP contribution in [0.5, 0.6) is 5.75 Å². The van der Waals surface area contributed by atoms with Crippen LogP contribution in [-0.4, -0.2) is 36.0 Å². The van der Waals surface area contributed by atoms with Crippen LogP contribution in [0.15, 0.2) is 63.9 Å². The van der Waals surface area contributed by atoms with Crippen LogP contribution in [0.2, 0.25) is 0 Å². The van der Waals surface area contributed by atoms with E-state index in [0.717, 1.165) is 11.1 Å². The molecule has 3 rings (SSSR count). The van der Waals surface area contributed by atoms with Gasteiger partial charge in [-0.25, -0.2) is 4.79 Å². The number of hydrogen-bond acceptors (Lipinski definition) is 5. The fourth-order valence-electron chi connectivity index (χ4n) is 2.34. The lowest BCUT2D eigenvalue weighted by atomic mass is 10.2. The molecule has 6 heteroatoms. The molecule has 0 saturated carbocycles. The summed E-state index contributed by atoms with van der Waals surface area (Å²) >= 11 is 0. The van der Waals surface area contributed by atoms with Gasteiger partial charge in [-0.3, -0.25) is 9.78 Å². The minimum absolute atomic E-state index is 0.0821. The monoisotopic (exact) mass is 338 g/mol. The van der Waals surface area contributed by atoms with E-state index in [0.29, 0.717) is 24.3 Å². The highest BCUT2D eigenvalue weighted by molar-refractivity contribution is 5.79. The number of carbonyl (C=O) groups is 1. The summed E-state index contributed by atoms with van der Waals surface area (Å²) in [5.41, 5.74) is 0.948. The summed E-state index contributed by atoms with van der Waals surface area (Å²) < 4.78 is 10.6. The van der Waals surface area contributed by atoms with E-state index in [1.165, 1.54) is 6.07 Å². The minimum Gasteiger partial charge on any atom is -0.484 e. The highest BCUT2D eigenvalue weighted by Gasteiger charge is 2.10. The molecule has 2 heterocycles. The van der Waals surface area contributed by atoms with Gasteiger partial charge in [0.1, 0.15) is 11.3 Å². The molecule has 0 atom stereocenters. The van der Waals surface area contributed by atoms with Crippen LogP contribution in [0, 0.1) is 0 Å². The molecule has 0 fully saturated rings. The Morgan fingerprint density at radius 1 is 1.20 bits per heavy atom. The normalized spacial score (nSPS) is 10.6. The molecule has 2 aromatic heterocycles. The van der Waals surface area contributed by atoms with Crippen molar-refractivity contribution in [3.05, 3.63) is 70.8 Å². The summed E-state index contributed by atoms with van der Waals surface area (Å²) in [7, 11) is 1.73. The standard InChI is InChI=1S/C19H18N2O4/c1-21(11-9-15-4-2-3-10-20-15)18(22)13-24-16-7-5-14-6-8-19(23)25-17(14)12-16/h2-8,10,12H,9,11,13H2,1H3. The molecule has 25 heavy (non-hydrogen) atoms. The van der Waals surface area contributed by atoms with Crippen LogP contribution in [0.25, 0.3) is 11.0 Å². The topological polar surface area (TPSA) is 72.6 Å². The average Bonchev–Trinajstić information content (AvgIpc) is 2.64. The number of likely N-dealkylation sites (N-methyl/N-ethyl adjacent to an activating group) is 1. The zero-order chi connectivity index (χ0) is 17.6. The summed E-state index contributed by atoms with van der Waals surface area (Å²) in [6.45, 7) is 0.479. The summed E-state index contributed by atoms with van der Waals surface area (Å²) in [6.07, 6.45) is 2.42. The quantitative estimate of drug-likeness (QED) is 0.645. The number of carbonyl (C=O) groups excluding carboxylic acids is 1. The Hall–Kier alpha value is -3.15. The first-order valence-electron chi connectivity index (χ1n) is 7.92. The summed E-state index contributed by atoms with van der Waals surface area (Å²) in [5, 5.41) is 0.797. The Morgan fingerprint density at radius 3 is 2.84 bits per heavy atom. The van der Waals surface area contributed by atoms with Crippen LogP contribution in [-0.2, 0) is 11.2 Å². The zero-order valence-corrected chi connectivity index (χ0v) is 13.8. The minimum atomic E-state index is -0.421. The Morgan fingerprint density at radius 2 is 2.04 bits per heavy atom. The molecule has 0 radical (unpaired) electrons. The maximum atomic E-state index is 12.2. The molecule has 0 N–H and O–H groups in total. The van der Waals surface area contributed by atoms with Gasteiger partial charge in [-0.15, -0.1) is 0 Å². The summed E-state index contributed by atoms with van der Waals surface area (Å²) in [4.78, 5) is 29.3. The van der Waals surface area contributed by atoms with Gasteiger partial charge >= 0.3 is 5.63 Å². The van der Waals surface area contributed by atoms with Crippen molar-refractivity contribution in [2.24, 2.45) is 0 Å². The Labute approximate surface area is 144 Å². The molecule has 1 amide bonds. The van der Waals surface area contributed by atoms with Gasteiger partial charge in [0.15, 0.2) is 6.61 Å². The fourth-order valence-corrected chi connectivity index (χ4v) is 2.34. The summed E-state index contributed by atoms with van der Waals surface area (Å²) in [5.74, 6) is 0.346. The maximum Gasteiger partial charge on any atom is 0.336 e. The van der Waals surface area contributed by atoms with Gasteiger partial charge < -0.3 is 14.1 Å². The van der Waals surface area contributed by atoms with Crippen molar-refractivity contribution in [1.82, 2.24) is 9.88 Å². The molecular weight excluding hydrogens is 320 g/mol. The summed E-state index contributed by atoms with van der Waals surface area (Å²) in [6, 6.07) is 13.9. The average molecular weight is 338 g/mol. The molecule has 0 spiro atoms. The number of rotatable bonds is 6. The van der Waals surface area contributed by atoms with Crippen molar-refractivity contribution in [1.29, 1.82) is 0 Å². The van der Waals surface area contributed by atoms with Gasteiger partial charge in [0.25, 0.3) is 5.91 Å². The highest BCUT2D eigenvalue weighted by atomic mass is 16.5. The van der Waals surface area contributed by atoms with Gasteiger partial charge in [-0.2, -0.15) is 0 Å². The van der Waals surface area contributed by atoms with Gasteiger partial charge in [0.05, 0.1) is 0 Å². The van der Waals surface area contributed by atoms with Crippen LogP contribution in [0.3, 0.4) is 0 Å². The first-order valence-corrected chi connectivity index (χ1v) is 7.92. The molecule has 3 aromatic rings. The highest BCUT2D eigenvalue weighted by Crippen LogP contribution is 2.19. The van der Waals surface area contributed by atoms with Crippen LogP contribution in [0.1, 0.15) is 5.69 Å². The maximum absolute atomic E-state index is 12.2. The van der Waals surface area contributed by atoms with Gasteiger partial charge in [0.2, 0.25) is 0 Å². The van der Waals surface area contributed by atoms with Crippen LogP contribution >= 0.6 is 0 Å². The van der Waals surface area contributed by atoms with Crippen molar-refractivity contribution >= 4 is 16.9 Å². The lowest BCUT2D eigenvalue weighted by molar-refractivity contribution is -0.132. The number of nitrogens with zero attached hydrogens (tertiary/aromatic N) is 2. The van der Waals surface area contributed by atoms with E-state index < -0.39 is 5.63 Å². The van der Waals surface area contributed by atoms with Gasteiger partial charge in [0, 0.05) is 49.4 Å². The van der Waals surface area contributed by atoms with Gasteiger partial charge in [-0.1, -0.05) is 6.07 Å². The molecule has 0 aliphatic carbocycles. The molecule has 0 aliphatic rings. The number of amides is 1.